The molecule has 2 atom stereocenters. The maximum absolute atomic E-state index is 12.3. The van der Waals surface area contributed by atoms with Gasteiger partial charge < -0.3 is 9.84 Å². The molecule has 2 unspecified atom stereocenters. The van der Waals surface area contributed by atoms with Crippen molar-refractivity contribution in [1.29, 1.82) is 0 Å². The number of fused-ring (bicyclic) bond motifs is 1. The molecule has 4 aromatic rings. The van der Waals surface area contributed by atoms with Gasteiger partial charge in [0.15, 0.2) is 0 Å². The van der Waals surface area contributed by atoms with Crippen LogP contribution < -0.4 is 0 Å². The Bertz CT molecular complexity index is 1510. The number of halogens is 1. The van der Waals surface area contributed by atoms with Gasteiger partial charge in [-0.05, 0) is 92.3 Å². The summed E-state index contributed by atoms with van der Waals surface area (Å²) in [5.41, 5.74) is 5.56. The van der Waals surface area contributed by atoms with Crippen molar-refractivity contribution in [3.05, 3.63) is 112 Å². The minimum atomic E-state index is -0.707. The second kappa shape index (κ2) is 14.2. The number of ether oxygens (including phenoxy) is 1. The van der Waals surface area contributed by atoms with Crippen LogP contribution in [0.5, 0.6) is 0 Å². The number of benzene rings is 3. The summed E-state index contributed by atoms with van der Waals surface area (Å²) in [7, 11) is 1.43. The monoisotopic (exact) mass is 587 g/mol. The van der Waals surface area contributed by atoms with E-state index >= 15 is 0 Å². The van der Waals surface area contributed by atoms with Crippen LogP contribution in [-0.4, -0.2) is 34.5 Å². The number of esters is 1. The third-order valence-corrected chi connectivity index (χ3v) is 8.77. The molecule has 0 aliphatic carbocycles. The Morgan fingerprint density at radius 2 is 1.83 bits per heavy atom. The minimum absolute atomic E-state index is 0.225. The molecule has 0 aliphatic rings. The minimum Gasteiger partial charge on any atom is -0.469 e. The van der Waals surface area contributed by atoms with E-state index in [1.54, 1.807) is 0 Å². The average Bonchev–Trinajstić information content (AvgIpc) is 2.96. The molecule has 0 radical (unpaired) electrons. The highest BCUT2D eigenvalue weighted by molar-refractivity contribution is 7.99. The predicted molar refractivity (Wildman–Crippen MR) is 173 cm³/mol. The van der Waals surface area contributed by atoms with Gasteiger partial charge >= 0.3 is 5.97 Å². The van der Waals surface area contributed by atoms with Crippen LogP contribution in [0.15, 0.2) is 78.9 Å². The Kier molecular flexibility index (Phi) is 10.7. The largest absolute Gasteiger partial charge is 0.469 e. The zero-order valence-corrected chi connectivity index (χ0v) is 25.7. The van der Waals surface area contributed by atoms with Crippen molar-refractivity contribution in [2.75, 3.05) is 12.9 Å². The number of methoxy groups -OCH3 is 1. The summed E-state index contributed by atoms with van der Waals surface area (Å²) < 4.78 is 5.01. The van der Waals surface area contributed by atoms with Gasteiger partial charge in [-0.3, -0.25) is 4.79 Å². The number of pyridine rings is 1. The highest BCUT2D eigenvalue weighted by Crippen LogP contribution is 2.36. The lowest BCUT2D eigenvalue weighted by atomic mass is 9.92. The van der Waals surface area contributed by atoms with Crippen molar-refractivity contribution in [3.63, 3.8) is 0 Å². The molecule has 0 amide bonds. The first kappa shape index (κ1) is 30.8. The number of carbonyl (C=O) groups is 1. The molecule has 1 heterocycles. The van der Waals surface area contributed by atoms with Gasteiger partial charge in [0, 0.05) is 15.7 Å². The molecule has 1 N–H and O–H groups in total. The van der Waals surface area contributed by atoms with Crippen LogP contribution in [0.4, 0.5) is 0 Å². The van der Waals surface area contributed by atoms with Crippen LogP contribution in [0, 0.1) is 0 Å². The number of nitrogens with zero attached hydrogens (tertiary/aromatic N) is 1. The van der Waals surface area contributed by atoms with Gasteiger partial charge in [0.2, 0.25) is 0 Å². The van der Waals surface area contributed by atoms with Crippen LogP contribution in [0.25, 0.3) is 23.1 Å². The van der Waals surface area contributed by atoms with Gasteiger partial charge in [0.25, 0.3) is 0 Å². The Labute approximate surface area is 252 Å². The lowest BCUT2D eigenvalue weighted by molar-refractivity contribution is -0.142. The Morgan fingerprint density at radius 1 is 1.05 bits per heavy atom. The summed E-state index contributed by atoms with van der Waals surface area (Å²) in [6.45, 7) is 5.61. The third-order valence-electron chi connectivity index (χ3n) is 7.19. The van der Waals surface area contributed by atoms with Crippen LogP contribution in [-0.2, 0) is 16.0 Å². The summed E-state index contributed by atoms with van der Waals surface area (Å²) in [6, 6.07) is 26.6. The number of hydrogen-bond donors (Lipinski definition) is 1. The molecule has 214 valence electrons. The molecule has 4 rings (SSSR count). The van der Waals surface area contributed by atoms with Crippen LogP contribution in [0.3, 0.4) is 0 Å². The van der Waals surface area contributed by atoms with Crippen LogP contribution in [0.1, 0.15) is 72.7 Å². The smallest absolute Gasteiger partial charge is 0.312 e. The molecule has 0 aliphatic heterocycles. The van der Waals surface area contributed by atoms with Crippen LogP contribution >= 0.6 is 23.4 Å². The Morgan fingerprint density at radius 3 is 2.61 bits per heavy atom. The van der Waals surface area contributed by atoms with E-state index in [2.05, 4.69) is 42.5 Å². The van der Waals surface area contributed by atoms with E-state index < -0.39 is 5.60 Å². The molecule has 0 saturated carbocycles. The van der Waals surface area contributed by atoms with E-state index in [0.29, 0.717) is 11.4 Å². The van der Waals surface area contributed by atoms with Gasteiger partial charge in [-0.25, -0.2) is 4.98 Å². The first-order valence-corrected chi connectivity index (χ1v) is 15.4. The van der Waals surface area contributed by atoms with Gasteiger partial charge in [-0.1, -0.05) is 78.3 Å². The van der Waals surface area contributed by atoms with Gasteiger partial charge in [0.05, 0.1) is 29.8 Å². The topological polar surface area (TPSA) is 59.4 Å². The van der Waals surface area contributed by atoms with E-state index in [4.69, 9.17) is 21.3 Å². The molecule has 4 nitrogen and oxygen atoms in total. The Balaban J connectivity index is 1.55. The molecule has 3 aromatic carbocycles. The maximum Gasteiger partial charge on any atom is 0.312 e. The normalized spacial score (nSPS) is 13.4. The van der Waals surface area contributed by atoms with Crippen molar-refractivity contribution >= 4 is 52.4 Å². The first-order valence-electron chi connectivity index (χ1n) is 14.0. The number of carbonyl (C=O) groups excluding carboxylic acids is 1. The van der Waals surface area contributed by atoms with Gasteiger partial charge in [-0.15, -0.1) is 0 Å². The van der Waals surface area contributed by atoms with Gasteiger partial charge in [0.1, 0.15) is 0 Å². The number of rotatable bonds is 12. The SMILES string of the molecule is COC(=O)C(C)c1ccccc1CCC(SCCC(C)(C)O)c1cccc(C=Cc2ccc3ccc(Cl)cc3n2)c1. The fourth-order valence-corrected chi connectivity index (χ4v) is 6.51. The van der Waals surface area contributed by atoms with Crippen molar-refractivity contribution in [2.45, 2.75) is 56.8 Å². The van der Waals surface area contributed by atoms with E-state index in [1.807, 2.05) is 81.1 Å². The van der Waals surface area contributed by atoms with Crippen molar-refractivity contribution in [3.8, 4) is 0 Å². The fraction of sp³-hybridized carbons (Fsp3) is 0.314. The lowest BCUT2D eigenvalue weighted by Gasteiger charge is -2.22. The van der Waals surface area contributed by atoms with Crippen molar-refractivity contribution in [2.24, 2.45) is 0 Å². The van der Waals surface area contributed by atoms with E-state index in [-0.39, 0.29) is 17.1 Å². The summed E-state index contributed by atoms with van der Waals surface area (Å²) >= 11 is 8.04. The zero-order valence-electron chi connectivity index (χ0n) is 24.1. The lowest BCUT2D eigenvalue weighted by Crippen LogP contribution is -2.19. The molecule has 6 heteroatoms. The van der Waals surface area contributed by atoms with Crippen molar-refractivity contribution < 1.29 is 14.6 Å². The highest BCUT2D eigenvalue weighted by Gasteiger charge is 2.21. The van der Waals surface area contributed by atoms with E-state index in [9.17, 15) is 9.90 Å². The summed E-state index contributed by atoms with van der Waals surface area (Å²) in [4.78, 5) is 17.0. The second-order valence-electron chi connectivity index (χ2n) is 11.0. The summed E-state index contributed by atoms with van der Waals surface area (Å²) in [5.74, 6) is 0.306. The number of aromatic nitrogens is 1. The molecule has 0 spiro atoms. The molecule has 1 aromatic heterocycles. The number of aryl methyl sites for hydroxylation is 1. The van der Waals surface area contributed by atoms with Crippen molar-refractivity contribution in [1.82, 2.24) is 4.98 Å². The number of aliphatic hydroxyl groups is 1. The molecule has 41 heavy (non-hydrogen) atoms. The number of thioether (sulfide) groups is 1. The Hall–Kier alpha value is -3.12. The molecular weight excluding hydrogens is 550 g/mol. The van der Waals surface area contributed by atoms with Crippen LogP contribution in [0.2, 0.25) is 5.02 Å². The number of hydrogen-bond acceptors (Lipinski definition) is 5. The molecule has 0 bridgehead atoms. The summed E-state index contributed by atoms with van der Waals surface area (Å²) in [5, 5.41) is 12.3. The predicted octanol–water partition coefficient (Wildman–Crippen LogP) is 8.90. The van der Waals surface area contributed by atoms with E-state index in [0.717, 1.165) is 51.9 Å². The van der Waals surface area contributed by atoms with E-state index in [1.165, 1.54) is 12.7 Å². The summed E-state index contributed by atoms with van der Waals surface area (Å²) in [6.07, 6.45) is 6.57. The average molecular weight is 588 g/mol. The standard InChI is InChI=1S/C35H38ClNO3S/c1-24(34(38)40-4)31-11-6-5-9-26(31)15-19-33(41-21-20-35(2,3)39)28-10-7-8-25(22-28)12-17-30-18-14-27-13-16-29(36)23-32(27)37-30/h5-14,16-18,22-24,33,39H,15,19-21H2,1-4H3. The molecular formula is C35H38ClNO3S. The maximum atomic E-state index is 12.3. The second-order valence-corrected chi connectivity index (χ2v) is 12.7. The highest BCUT2D eigenvalue weighted by atomic mass is 35.5. The third kappa shape index (κ3) is 8.93. The zero-order chi connectivity index (χ0) is 29.4. The fourth-order valence-electron chi connectivity index (χ4n) is 4.82. The molecule has 0 fully saturated rings. The molecule has 0 saturated heterocycles. The first-order chi connectivity index (χ1) is 19.6. The quantitative estimate of drug-likeness (QED) is 0.168. The van der Waals surface area contributed by atoms with Gasteiger partial charge in [-0.2, -0.15) is 11.8 Å².